The van der Waals surface area contributed by atoms with Crippen LogP contribution < -0.4 is 0 Å². The molecule has 1 aromatic heterocycles. The van der Waals surface area contributed by atoms with Crippen LogP contribution in [0.25, 0.3) is 0 Å². The van der Waals surface area contributed by atoms with Crippen LogP contribution in [0.5, 0.6) is 0 Å². The fourth-order valence-corrected chi connectivity index (χ4v) is 2.73. The second-order valence-electron chi connectivity index (χ2n) is 5.52. The van der Waals surface area contributed by atoms with E-state index in [-0.39, 0.29) is 11.2 Å². The van der Waals surface area contributed by atoms with Gasteiger partial charge in [0.25, 0.3) is 0 Å². The molecule has 3 nitrogen and oxygen atoms in total. The first-order chi connectivity index (χ1) is 8.00. The van der Waals surface area contributed by atoms with Crippen LogP contribution in [0.15, 0.2) is 22.8 Å². The minimum absolute atomic E-state index is 0.0650. The molecule has 1 atom stereocenters. The molecule has 0 bridgehead atoms. The number of furan rings is 1. The molecule has 17 heavy (non-hydrogen) atoms. The highest BCUT2D eigenvalue weighted by Crippen LogP contribution is 2.44. The van der Waals surface area contributed by atoms with Crippen LogP contribution in [0.2, 0.25) is 0 Å². The molecule has 1 aliphatic rings. The summed E-state index contributed by atoms with van der Waals surface area (Å²) in [4.78, 5) is 12.5. The molecule has 0 spiro atoms. The minimum atomic E-state index is -0.889. The summed E-state index contributed by atoms with van der Waals surface area (Å²) in [5, 5.41) is 9.43. The van der Waals surface area contributed by atoms with Gasteiger partial charge in [-0.3, -0.25) is 4.79 Å². The Morgan fingerprint density at radius 2 is 2.24 bits per heavy atom. The van der Waals surface area contributed by atoms with Crippen LogP contribution in [0, 0.1) is 22.2 Å². The molecular formula is C14H17NO2. The van der Waals surface area contributed by atoms with Crippen molar-refractivity contribution in [1.82, 2.24) is 0 Å². The molecule has 0 N–H and O–H groups in total. The third kappa shape index (κ3) is 2.00. The lowest BCUT2D eigenvalue weighted by molar-refractivity contribution is -0.138. The topological polar surface area (TPSA) is 54.0 Å². The molecule has 0 amide bonds. The van der Waals surface area contributed by atoms with Crippen LogP contribution in [0.3, 0.4) is 0 Å². The summed E-state index contributed by atoms with van der Waals surface area (Å²) in [6.45, 7) is 3.87. The number of carbonyl (C=O) groups excluding carboxylic acids is 1. The zero-order chi connectivity index (χ0) is 12.5. The molecule has 1 aromatic rings. The lowest BCUT2D eigenvalue weighted by Crippen LogP contribution is -2.45. The van der Waals surface area contributed by atoms with Crippen molar-refractivity contribution in [3.8, 4) is 6.07 Å². The zero-order valence-electron chi connectivity index (χ0n) is 10.3. The van der Waals surface area contributed by atoms with Crippen molar-refractivity contribution in [2.24, 2.45) is 10.8 Å². The second kappa shape index (κ2) is 4.03. The summed E-state index contributed by atoms with van der Waals surface area (Å²) in [6.07, 6.45) is 4.42. The van der Waals surface area contributed by atoms with Crippen LogP contribution in [0.1, 0.15) is 38.9 Å². The number of nitrogens with zero attached hydrogens (tertiary/aromatic N) is 1. The number of carbonyl (C=O) groups is 1. The Hall–Kier alpha value is -1.56. The Bertz CT molecular complexity index is 453. The number of hydrogen-bond donors (Lipinski definition) is 0. The Kier molecular flexibility index (Phi) is 2.82. The zero-order valence-corrected chi connectivity index (χ0v) is 10.3. The van der Waals surface area contributed by atoms with E-state index in [0.717, 1.165) is 18.6 Å². The van der Waals surface area contributed by atoms with Crippen LogP contribution in [-0.2, 0) is 11.2 Å². The largest absolute Gasteiger partial charge is 0.469 e. The highest BCUT2D eigenvalue weighted by atomic mass is 16.3. The van der Waals surface area contributed by atoms with E-state index in [9.17, 15) is 10.1 Å². The standard InChI is InChI=1S/C14H17NO2/c1-13(2)6-4-7-14(10-15,12(13)16)9-11-5-3-8-17-11/h3,5,8H,4,6-7,9H2,1-2H3. The van der Waals surface area contributed by atoms with Gasteiger partial charge < -0.3 is 4.42 Å². The molecule has 1 heterocycles. The third-order valence-corrected chi connectivity index (χ3v) is 3.72. The Morgan fingerprint density at radius 1 is 1.47 bits per heavy atom. The van der Waals surface area contributed by atoms with E-state index in [0.29, 0.717) is 12.8 Å². The van der Waals surface area contributed by atoms with E-state index in [2.05, 4.69) is 6.07 Å². The lowest BCUT2D eigenvalue weighted by atomic mass is 9.61. The maximum atomic E-state index is 12.5. The van der Waals surface area contributed by atoms with Gasteiger partial charge in [0.15, 0.2) is 5.78 Å². The molecule has 90 valence electrons. The maximum absolute atomic E-state index is 12.5. The molecule has 0 saturated heterocycles. The Morgan fingerprint density at radius 3 is 2.82 bits per heavy atom. The SMILES string of the molecule is CC1(C)CCCC(C#N)(Cc2ccco2)C1=O. The fourth-order valence-electron chi connectivity index (χ4n) is 2.73. The van der Waals surface area contributed by atoms with Gasteiger partial charge in [-0.2, -0.15) is 5.26 Å². The molecule has 1 aliphatic carbocycles. The van der Waals surface area contributed by atoms with Crippen molar-refractivity contribution in [3.63, 3.8) is 0 Å². The van der Waals surface area contributed by atoms with Crippen molar-refractivity contribution in [1.29, 1.82) is 5.26 Å². The second-order valence-corrected chi connectivity index (χ2v) is 5.52. The molecule has 3 heteroatoms. The molecule has 2 rings (SSSR count). The normalized spacial score (nSPS) is 27.7. The average molecular weight is 231 g/mol. The van der Waals surface area contributed by atoms with Crippen molar-refractivity contribution in [2.45, 2.75) is 39.5 Å². The van der Waals surface area contributed by atoms with E-state index in [1.54, 1.807) is 12.3 Å². The summed E-state index contributed by atoms with van der Waals surface area (Å²) < 4.78 is 5.28. The van der Waals surface area contributed by atoms with Gasteiger partial charge in [0.05, 0.1) is 12.3 Å². The first-order valence-electron chi connectivity index (χ1n) is 5.99. The molecule has 0 aromatic carbocycles. The Labute approximate surface area is 101 Å². The summed E-state index contributed by atoms with van der Waals surface area (Å²) in [5.74, 6) is 0.785. The van der Waals surface area contributed by atoms with Gasteiger partial charge in [0.1, 0.15) is 11.2 Å². The van der Waals surface area contributed by atoms with E-state index in [1.807, 2.05) is 19.9 Å². The lowest BCUT2D eigenvalue weighted by Gasteiger charge is -2.38. The van der Waals surface area contributed by atoms with Gasteiger partial charge in [-0.05, 0) is 25.0 Å². The van der Waals surface area contributed by atoms with E-state index in [1.165, 1.54) is 0 Å². The Balaban J connectivity index is 2.31. The highest BCUT2D eigenvalue weighted by molar-refractivity contribution is 5.93. The van der Waals surface area contributed by atoms with Crippen molar-refractivity contribution < 1.29 is 9.21 Å². The van der Waals surface area contributed by atoms with Gasteiger partial charge in [0, 0.05) is 11.8 Å². The molecule has 1 fully saturated rings. The number of rotatable bonds is 2. The molecule has 1 saturated carbocycles. The van der Waals surface area contributed by atoms with Gasteiger partial charge in [0.2, 0.25) is 0 Å². The molecule has 0 aliphatic heterocycles. The van der Waals surface area contributed by atoms with Crippen LogP contribution in [0.4, 0.5) is 0 Å². The smallest absolute Gasteiger partial charge is 0.159 e. The number of Topliss-reactive ketones (excluding diaryl/α,β-unsaturated/α-hetero) is 1. The summed E-state index contributed by atoms with van der Waals surface area (Å²) in [5.41, 5.74) is -1.28. The first-order valence-corrected chi connectivity index (χ1v) is 5.99. The fraction of sp³-hybridized carbons (Fsp3) is 0.571. The first kappa shape index (κ1) is 11.9. The van der Waals surface area contributed by atoms with E-state index < -0.39 is 5.41 Å². The monoisotopic (exact) mass is 231 g/mol. The van der Waals surface area contributed by atoms with Gasteiger partial charge in [-0.1, -0.05) is 20.3 Å². The van der Waals surface area contributed by atoms with Crippen LogP contribution >= 0.6 is 0 Å². The number of ketones is 1. The summed E-state index contributed by atoms with van der Waals surface area (Å²) in [6, 6.07) is 5.87. The van der Waals surface area contributed by atoms with Gasteiger partial charge in [-0.25, -0.2) is 0 Å². The molecular weight excluding hydrogens is 214 g/mol. The maximum Gasteiger partial charge on any atom is 0.159 e. The van der Waals surface area contributed by atoms with Gasteiger partial charge in [-0.15, -0.1) is 0 Å². The quantitative estimate of drug-likeness (QED) is 0.785. The minimum Gasteiger partial charge on any atom is -0.469 e. The van der Waals surface area contributed by atoms with Crippen molar-refractivity contribution in [3.05, 3.63) is 24.2 Å². The van der Waals surface area contributed by atoms with E-state index >= 15 is 0 Å². The average Bonchev–Trinajstić information content (AvgIpc) is 2.77. The third-order valence-electron chi connectivity index (χ3n) is 3.72. The molecule has 1 unspecified atom stereocenters. The van der Waals surface area contributed by atoms with Gasteiger partial charge >= 0.3 is 0 Å². The van der Waals surface area contributed by atoms with Crippen LogP contribution in [-0.4, -0.2) is 5.78 Å². The summed E-state index contributed by atoms with van der Waals surface area (Å²) >= 11 is 0. The number of nitriles is 1. The van der Waals surface area contributed by atoms with Crippen molar-refractivity contribution >= 4 is 5.78 Å². The predicted molar refractivity (Wildman–Crippen MR) is 63.1 cm³/mol. The molecule has 0 radical (unpaired) electrons. The van der Waals surface area contributed by atoms with E-state index in [4.69, 9.17) is 4.42 Å². The van der Waals surface area contributed by atoms with Crippen molar-refractivity contribution in [2.75, 3.05) is 0 Å². The highest BCUT2D eigenvalue weighted by Gasteiger charge is 2.49. The number of hydrogen-bond acceptors (Lipinski definition) is 3. The predicted octanol–water partition coefficient (Wildman–Crippen LogP) is 3.11. The summed E-state index contributed by atoms with van der Waals surface area (Å²) in [7, 11) is 0.